The first-order chi connectivity index (χ1) is 10.2. The molecule has 2 rings (SSSR count). The van der Waals surface area contributed by atoms with Gasteiger partial charge in [0.2, 0.25) is 0 Å². The molecule has 0 aliphatic rings. The molecular weight excluding hydrogens is 284 g/mol. The Morgan fingerprint density at radius 2 is 2.33 bits per heavy atom. The van der Waals surface area contributed by atoms with Crippen molar-refractivity contribution in [1.29, 1.82) is 5.26 Å². The molecule has 0 aliphatic heterocycles. The Hall–Kier alpha value is -2.26. The molecule has 0 bridgehead atoms. The van der Waals surface area contributed by atoms with Crippen molar-refractivity contribution in [2.45, 2.75) is 18.6 Å². The zero-order valence-corrected chi connectivity index (χ0v) is 12.6. The van der Waals surface area contributed by atoms with Gasteiger partial charge in [-0.25, -0.2) is 0 Å². The van der Waals surface area contributed by atoms with Crippen molar-refractivity contribution in [3.8, 4) is 11.8 Å². The normalized spacial score (nSPS) is 10.1. The molecule has 0 radical (unpaired) electrons. The molecule has 0 aliphatic carbocycles. The summed E-state index contributed by atoms with van der Waals surface area (Å²) in [7, 11) is 0. The van der Waals surface area contributed by atoms with Crippen molar-refractivity contribution >= 4 is 11.8 Å². The molecule has 0 atom stereocenters. The van der Waals surface area contributed by atoms with Gasteiger partial charge in [0.05, 0.1) is 18.2 Å². The van der Waals surface area contributed by atoms with Crippen LogP contribution in [0.5, 0.6) is 5.75 Å². The van der Waals surface area contributed by atoms with E-state index < -0.39 is 0 Å². The maximum Gasteiger partial charge on any atom is 0.191 e. The number of aryl methyl sites for hydroxylation is 1. The van der Waals surface area contributed by atoms with Gasteiger partial charge < -0.3 is 9.30 Å². The molecule has 6 heteroatoms. The monoisotopic (exact) mass is 300 g/mol. The van der Waals surface area contributed by atoms with Crippen LogP contribution in [-0.4, -0.2) is 27.1 Å². The van der Waals surface area contributed by atoms with Gasteiger partial charge in [-0.15, -0.1) is 16.8 Å². The number of hydrogen-bond acceptors (Lipinski definition) is 5. The van der Waals surface area contributed by atoms with Crippen LogP contribution in [0.3, 0.4) is 0 Å². The Balaban J connectivity index is 1.85. The fourth-order valence-electron chi connectivity index (χ4n) is 1.76. The molecular formula is C15H16N4OS. The maximum atomic E-state index is 8.83. The van der Waals surface area contributed by atoms with E-state index in [1.54, 1.807) is 23.9 Å². The second-order valence-corrected chi connectivity index (χ2v) is 5.33. The van der Waals surface area contributed by atoms with Crippen LogP contribution in [0.15, 0.2) is 42.1 Å². The largest absolute Gasteiger partial charge is 0.493 e. The second kappa shape index (κ2) is 7.50. The second-order valence-electron chi connectivity index (χ2n) is 4.27. The minimum absolute atomic E-state index is 0.541. The zero-order chi connectivity index (χ0) is 15.1. The van der Waals surface area contributed by atoms with Crippen LogP contribution in [0.25, 0.3) is 0 Å². The summed E-state index contributed by atoms with van der Waals surface area (Å²) in [6.45, 7) is 6.90. The summed E-state index contributed by atoms with van der Waals surface area (Å²) in [5.41, 5.74) is 0.599. The number of aromatic nitrogens is 3. The zero-order valence-electron chi connectivity index (χ0n) is 11.8. The number of hydrogen-bond donors (Lipinski definition) is 0. The van der Waals surface area contributed by atoms with Crippen LogP contribution in [0.1, 0.15) is 11.4 Å². The Morgan fingerprint density at radius 1 is 1.48 bits per heavy atom. The molecule has 0 fully saturated rings. The lowest BCUT2D eigenvalue weighted by Gasteiger charge is -2.07. The minimum Gasteiger partial charge on any atom is -0.493 e. The van der Waals surface area contributed by atoms with E-state index in [2.05, 4.69) is 22.8 Å². The van der Waals surface area contributed by atoms with E-state index in [0.717, 1.165) is 16.7 Å². The van der Waals surface area contributed by atoms with Crippen LogP contribution < -0.4 is 4.74 Å². The molecule has 1 heterocycles. The first kappa shape index (κ1) is 15.1. The summed E-state index contributed by atoms with van der Waals surface area (Å²) in [5.74, 6) is 2.34. The smallest absolute Gasteiger partial charge is 0.191 e. The standard InChI is InChI=1S/C15H16N4OS/c1-3-7-19-12(2)17-18-15(19)21-9-8-20-14-6-4-5-13(10-14)11-16/h3-6,10H,1,7-9H2,2H3. The van der Waals surface area contributed by atoms with Crippen molar-refractivity contribution in [1.82, 2.24) is 14.8 Å². The predicted octanol–water partition coefficient (Wildman–Crippen LogP) is 2.82. The summed E-state index contributed by atoms with van der Waals surface area (Å²) in [4.78, 5) is 0. The number of benzene rings is 1. The summed E-state index contributed by atoms with van der Waals surface area (Å²) >= 11 is 1.59. The molecule has 0 spiro atoms. The van der Waals surface area contributed by atoms with Crippen LogP contribution in [0, 0.1) is 18.3 Å². The molecule has 0 unspecified atom stereocenters. The predicted molar refractivity (Wildman–Crippen MR) is 82.3 cm³/mol. The van der Waals surface area contributed by atoms with Gasteiger partial charge in [-0.2, -0.15) is 5.26 Å². The fourth-order valence-corrected chi connectivity index (χ4v) is 2.57. The third-order valence-corrected chi connectivity index (χ3v) is 3.69. The number of nitrogens with zero attached hydrogens (tertiary/aromatic N) is 4. The maximum absolute atomic E-state index is 8.83. The Morgan fingerprint density at radius 3 is 3.10 bits per heavy atom. The molecule has 0 N–H and O–H groups in total. The molecule has 2 aromatic rings. The number of nitriles is 1. The molecule has 0 saturated carbocycles. The van der Waals surface area contributed by atoms with Gasteiger partial charge in [0.1, 0.15) is 11.6 Å². The quantitative estimate of drug-likeness (QED) is 0.447. The average Bonchev–Trinajstić information content (AvgIpc) is 2.85. The SMILES string of the molecule is C=CCn1c(C)nnc1SCCOc1cccc(C#N)c1. The van der Waals surface area contributed by atoms with Crippen molar-refractivity contribution in [3.05, 3.63) is 48.3 Å². The van der Waals surface area contributed by atoms with Crippen LogP contribution in [0.2, 0.25) is 0 Å². The third kappa shape index (κ3) is 4.10. The number of allylic oxidation sites excluding steroid dienone is 1. The van der Waals surface area contributed by atoms with E-state index in [1.165, 1.54) is 0 Å². The highest BCUT2D eigenvalue weighted by Crippen LogP contribution is 2.18. The fraction of sp³-hybridized carbons (Fsp3) is 0.267. The first-order valence-corrected chi connectivity index (χ1v) is 7.49. The average molecular weight is 300 g/mol. The molecule has 21 heavy (non-hydrogen) atoms. The lowest BCUT2D eigenvalue weighted by atomic mass is 10.2. The van der Waals surface area contributed by atoms with Gasteiger partial charge in [-0.05, 0) is 25.1 Å². The highest BCUT2D eigenvalue weighted by atomic mass is 32.2. The van der Waals surface area contributed by atoms with Crippen molar-refractivity contribution in [3.63, 3.8) is 0 Å². The van der Waals surface area contributed by atoms with Gasteiger partial charge in [0.25, 0.3) is 0 Å². The van der Waals surface area contributed by atoms with Gasteiger partial charge in [0, 0.05) is 12.3 Å². The molecule has 1 aromatic carbocycles. The highest BCUT2D eigenvalue weighted by molar-refractivity contribution is 7.99. The van der Waals surface area contributed by atoms with Crippen LogP contribution in [-0.2, 0) is 6.54 Å². The number of rotatable bonds is 7. The lowest BCUT2D eigenvalue weighted by molar-refractivity contribution is 0.343. The molecule has 108 valence electrons. The molecule has 1 aromatic heterocycles. The van der Waals surface area contributed by atoms with Gasteiger partial charge in [0.15, 0.2) is 5.16 Å². The van der Waals surface area contributed by atoms with Crippen molar-refractivity contribution in [2.24, 2.45) is 0 Å². The third-order valence-electron chi connectivity index (χ3n) is 2.76. The van der Waals surface area contributed by atoms with Crippen molar-refractivity contribution < 1.29 is 4.74 Å². The molecule has 0 saturated heterocycles. The molecule has 0 amide bonds. The summed E-state index contributed by atoms with van der Waals surface area (Å²) in [6, 6.07) is 9.23. The first-order valence-electron chi connectivity index (χ1n) is 6.51. The number of thioether (sulfide) groups is 1. The highest BCUT2D eigenvalue weighted by Gasteiger charge is 2.07. The van der Waals surface area contributed by atoms with Gasteiger partial charge in [-0.1, -0.05) is 23.9 Å². The van der Waals surface area contributed by atoms with Crippen LogP contribution in [0.4, 0.5) is 0 Å². The van der Waals surface area contributed by atoms with E-state index in [9.17, 15) is 0 Å². The Labute approximate surface area is 128 Å². The summed E-state index contributed by atoms with van der Waals surface area (Å²) < 4.78 is 7.64. The van der Waals surface area contributed by atoms with Crippen LogP contribution >= 0.6 is 11.8 Å². The van der Waals surface area contributed by atoms with E-state index in [1.807, 2.05) is 29.7 Å². The lowest BCUT2D eigenvalue weighted by Crippen LogP contribution is -2.04. The minimum atomic E-state index is 0.541. The number of ether oxygens (including phenoxy) is 1. The Bertz CT molecular complexity index is 660. The van der Waals surface area contributed by atoms with Crippen molar-refractivity contribution in [2.75, 3.05) is 12.4 Å². The topological polar surface area (TPSA) is 63.7 Å². The van der Waals surface area contributed by atoms with E-state index in [4.69, 9.17) is 10.00 Å². The van der Waals surface area contributed by atoms with E-state index in [-0.39, 0.29) is 0 Å². The van der Waals surface area contributed by atoms with E-state index in [0.29, 0.717) is 24.5 Å². The Kier molecular flexibility index (Phi) is 5.41. The van der Waals surface area contributed by atoms with E-state index >= 15 is 0 Å². The van der Waals surface area contributed by atoms with Gasteiger partial charge in [-0.3, -0.25) is 0 Å². The summed E-state index contributed by atoms with van der Waals surface area (Å²) in [6.07, 6.45) is 1.82. The molecule has 5 nitrogen and oxygen atoms in total. The van der Waals surface area contributed by atoms with Gasteiger partial charge >= 0.3 is 0 Å². The summed E-state index contributed by atoms with van der Waals surface area (Å²) in [5, 5.41) is 17.9.